The van der Waals surface area contributed by atoms with E-state index in [2.05, 4.69) is 5.32 Å². The molecule has 5 nitrogen and oxygen atoms in total. The molecular formula is C14H16ClFN2O3. The lowest BCUT2D eigenvalue weighted by molar-refractivity contribution is -0.137. The van der Waals surface area contributed by atoms with Crippen LogP contribution >= 0.6 is 11.6 Å². The normalized spacial score (nSPS) is 17.8. The van der Waals surface area contributed by atoms with Gasteiger partial charge in [0.2, 0.25) is 0 Å². The van der Waals surface area contributed by atoms with Crippen LogP contribution in [0.3, 0.4) is 0 Å². The molecule has 21 heavy (non-hydrogen) atoms. The molecule has 1 aromatic rings. The topological polar surface area (TPSA) is 69.6 Å². The van der Waals surface area contributed by atoms with Crippen molar-refractivity contribution in [3.63, 3.8) is 0 Å². The number of carbonyl (C=O) groups is 2. The number of rotatable bonds is 4. The monoisotopic (exact) mass is 314 g/mol. The van der Waals surface area contributed by atoms with Crippen LogP contribution in [0.4, 0.5) is 14.9 Å². The average molecular weight is 315 g/mol. The van der Waals surface area contributed by atoms with Crippen LogP contribution in [0, 0.1) is 11.7 Å². The number of aliphatic carboxylic acids is 1. The molecule has 0 saturated carbocycles. The Kier molecular flexibility index (Phi) is 5.01. The fourth-order valence-corrected chi connectivity index (χ4v) is 2.53. The van der Waals surface area contributed by atoms with E-state index < -0.39 is 11.8 Å². The largest absolute Gasteiger partial charge is 0.481 e. The number of carboxylic acids is 1. The summed E-state index contributed by atoms with van der Waals surface area (Å²) in [5.74, 6) is -1.12. The Morgan fingerprint density at radius 1 is 1.48 bits per heavy atom. The summed E-state index contributed by atoms with van der Waals surface area (Å²) >= 11 is 5.90. The van der Waals surface area contributed by atoms with E-state index >= 15 is 0 Å². The summed E-state index contributed by atoms with van der Waals surface area (Å²) in [5.41, 5.74) is 0.232. The predicted molar refractivity (Wildman–Crippen MR) is 77.0 cm³/mol. The first-order valence-electron chi connectivity index (χ1n) is 6.68. The van der Waals surface area contributed by atoms with Crippen LogP contribution in [-0.2, 0) is 4.79 Å². The molecule has 1 aliphatic heterocycles. The van der Waals surface area contributed by atoms with Gasteiger partial charge >= 0.3 is 12.0 Å². The van der Waals surface area contributed by atoms with Gasteiger partial charge in [-0.05, 0) is 37.0 Å². The fraction of sp³-hybridized carbons (Fsp3) is 0.429. The number of anilines is 1. The van der Waals surface area contributed by atoms with Gasteiger partial charge in [-0.3, -0.25) is 4.79 Å². The molecule has 2 rings (SSSR count). The number of amides is 2. The smallest absolute Gasteiger partial charge is 0.321 e. The van der Waals surface area contributed by atoms with Crippen LogP contribution < -0.4 is 5.32 Å². The van der Waals surface area contributed by atoms with Gasteiger partial charge in [-0.25, -0.2) is 9.18 Å². The average Bonchev–Trinajstić information content (AvgIpc) is 2.89. The van der Waals surface area contributed by atoms with Crippen LogP contribution in [0.15, 0.2) is 18.2 Å². The number of hydrogen-bond donors (Lipinski definition) is 2. The van der Waals surface area contributed by atoms with E-state index in [1.54, 1.807) is 4.90 Å². The molecule has 0 aliphatic carbocycles. The van der Waals surface area contributed by atoms with Crippen molar-refractivity contribution in [2.75, 3.05) is 18.4 Å². The molecule has 0 bridgehead atoms. The van der Waals surface area contributed by atoms with Gasteiger partial charge in [0, 0.05) is 19.5 Å². The van der Waals surface area contributed by atoms with Crippen molar-refractivity contribution in [3.05, 3.63) is 29.0 Å². The maximum atomic E-state index is 13.1. The molecule has 1 saturated heterocycles. The highest BCUT2D eigenvalue weighted by Gasteiger charge is 2.26. The predicted octanol–water partition coefficient (Wildman–Crippen LogP) is 3.20. The summed E-state index contributed by atoms with van der Waals surface area (Å²) in [6.07, 6.45) is 1.44. The Hall–Kier alpha value is -1.82. The Morgan fingerprint density at radius 3 is 2.95 bits per heavy atom. The second-order valence-electron chi connectivity index (χ2n) is 5.09. The zero-order chi connectivity index (χ0) is 15.4. The van der Waals surface area contributed by atoms with Crippen molar-refractivity contribution in [2.24, 2.45) is 5.92 Å². The number of hydrogen-bond acceptors (Lipinski definition) is 2. The maximum absolute atomic E-state index is 13.1. The summed E-state index contributed by atoms with van der Waals surface area (Å²) < 4.78 is 13.1. The first-order valence-corrected chi connectivity index (χ1v) is 7.06. The lowest BCUT2D eigenvalue weighted by Gasteiger charge is -2.18. The third-order valence-corrected chi connectivity index (χ3v) is 3.84. The van der Waals surface area contributed by atoms with Crippen LogP contribution in [0.2, 0.25) is 5.02 Å². The van der Waals surface area contributed by atoms with Crippen LogP contribution in [0.1, 0.15) is 19.3 Å². The zero-order valence-corrected chi connectivity index (χ0v) is 12.1. The van der Waals surface area contributed by atoms with Gasteiger partial charge in [-0.15, -0.1) is 0 Å². The summed E-state index contributed by atoms with van der Waals surface area (Å²) in [6.45, 7) is 1.06. The highest BCUT2D eigenvalue weighted by molar-refractivity contribution is 6.33. The minimum atomic E-state index is -0.829. The number of urea groups is 1. The third kappa shape index (κ3) is 4.32. The second-order valence-corrected chi connectivity index (χ2v) is 5.49. The van der Waals surface area contributed by atoms with E-state index in [0.717, 1.165) is 12.5 Å². The molecule has 2 N–H and O–H groups in total. The maximum Gasteiger partial charge on any atom is 0.321 e. The number of halogens is 2. The molecule has 1 aromatic carbocycles. The van der Waals surface area contributed by atoms with E-state index in [4.69, 9.17) is 16.7 Å². The zero-order valence-electron chi connectivity index (χ0n) is 11.3. The number of carbonyl (C=O) groups excluding carboxylic acids is 1. The van der Waals surface area contributed by atoms with Crippen molar-refractivity contribution in [1.29, 1.82) is 0 Å². The number of nitrogens with one attached hydrogen (secondary N) is 1. The molecule has 0 radical (unpaired) electrons. The van der Waals surface area contributed by atoms with Gasteiger partial charge in [0.25, 0.3) is 0 Å². The molecule has 114 valence electrons. The van der Waals surface area contributed by atoms with Crippen molar-refractivity contribution in [3.8, 4) is 0 Å². The van der Waals surface area contributed by atoms with Gasteiger partial charge in [0.15, 0.2) is 0 Å². The van der Waals surface area contributed by atoms with Crippen molar-refractivity contribution in [2.45, 2.75) is 19.3 Å². The summed E-state index contributed by atoms with van der Waals surface area (Å²) in [7, 11) is 0. The minimum Gasteiger partial charge on any atom is -0.481 e. The number of likely N-dealkylation sites (tertiary alicyclic amines) is 1. The SMILES string of the molecule is O=C(O)CCC1CCN(C(=O)Nc2cc(F)ccc2Cl)C1. The number of carboxylic acid groups (broad SMARTS) is 1. The fourth-order valence-electron chi connectivity index (χ4n) is 2.37. The van der Waals surface area contributed by atoms with Crippen LogP contribution in [-0.4, -0.2) is 35.1 Å². The minimum absolute atomic E-state index is 0.107. The van der Waals surface area contributed by atoms with Gasteiger partial charge in [-0.1, -0.05) is 11.6 Å². The molecule has 0 aromatic heterocycles. The first-order chi connectivity index (χ1) is 9.95. The molecular weight excluding hydrogens is 299 g/mol. The molecule has 7 heteroatoms. The van der Waals surface area contributed by atoms with Gasteiger partial charge in [0.05, 0.1) is 10.7 Å². The lowest BCUT2D eigenvalue weighted by Crippen LogP contribution is -2.33. The summed E-state index contributed by atoms with van der Waals surface area (Å²) in [5, 5.41) is 11.5. The number of nitrogens with zero attached hydrogens (tertiary/aromatic N) is 1. The highest BCUT2D eigenvalue weighted by Crippen LogP contribution is 2.25. The summed E-state index contributed by atoms with van der Waals surface area (Å²) in [4.78, 5) is 24.2. The summed E-state index contributed by atoms with van der Waals surface area (Å²) in [6, 6.07) is 3.42. The molecule has 1 aliphatic rings. The van der Waals surface area contributed by atoms with E-state index in [0.29, 0.717) is 19.5 Å². The van der Waals surface area contributed by atoms with E-state index in [1.807, 2.05) is 0 Å². The molecule has 1 atom stereocenters. The van der Waals surface area contributed by atoms with E-state index in [9.17, 15) is 14.0 Å². The second kappa shape index (κ2) is 6.76. The number of benzene rings is 1. The quantitative estimate of drug-likeness (QED) is 0.896. The standard InChI is InChI=1S/C14H16ClFN2O3/c15-11-3-2-10(16)7-12(11)17-14(21)18-6-5-9(8-18)1-4-13(19)20/h2-3,7,9H,1,4-6,8H2,(H,17,21)(H,19,20). The van der Waals surface area contributed by atoms with Gasteiger partial charge < -0.3 is 15.3 Å². The van der Waals surface area contributed by atoms with Crippen LogP contribution in [0.25, 0.3) is 0 Å². The molecule has 2 amide bonds. The lowest BCUT2D eigenvalue weighted by atomic mass is 10.0. The highest BCUT2D eigenvalue weighted by atomic mass is 35.5. The Bertz CT molecular complexity index is 553. The van der Waals surface area contributed by atoms with Crippen molar-refractivity contribution in [1.82, 2.24) is 4.90 Å². The van der Waals surface area contributed by atoms with E-state index in [1.165, 1.54) is 12.1 Å². The van der Waals surface area contributed by atoms with Crippen LogP contribution in [0.5, 0.6) is 0 Å². The molecule has 0 spiro atoms. The molecule has 1 fully saturated rings. The van der Waals surface area contributed by atoms with Crippen molar-refractivity contribution < 1.29 is 19.1 Å². The Labute approximate surface area is 126 Å². The van der Waals surface area contributed by atoms with Crippen molar-refractivity contribution >= 4 is 29.3 Å². The molecule has 1 unspecified atom stereocenters. The first kappa shape index (κ1) is 15.6. The molecule has 1 heterocycles. The Morgan fingerprint density at radius 2 is 2.24 bits per heavy atom. The van der Waals surface area contributed by atoms with Gasteiger partial charge in [0.1, 0.15) is 5.82 Å². The third-order valence-electron chi connectivity index (χ3n) is 3.51. The Balaban J connectivity index is 1.90. The van der Waals surface area contributed by atoms with Gasteiger partial charge in [-0.2, -0.15) is 0 Å². The van der Waals surface area contributed by atoms with E-state index in [-0.39, 0.29) is 29.1 Å².